The molecule has 0 atom stereocenters. The molecule has 0 saturated heterocycles. The maximum atomic E-state index is 11.9. The molecule has 0 aliphatic carbocycles. The number of hydrogen-bond acceptors (Lipinski definition) is 4. The summed E-state index contributed by atoms with van der Waals surface area (Å²) in [7, 11) is 0. The van der Waals surface area contributed by atoms with E-state index in [1.165, 1.54) is 0 Å². The molecule has 0 unspecified atom stereocenters. The topological polar surface area (TPSA) is 67.2 Å². The van der Waals surface area contributed by atoms with Crippen molar-refractivity contribution in [2.24, 2.45) is 0 Å². The number of aromatic nitrogens is 1. The third-order valence-corrected chi connectivity index (χ3v) is 3.00. The van der Waals surface area contributed by atoms with E-state index < -0.39 is 0 Å². The van der Waals surface area contributed by atoms with Gasteiger partial charge in [-0.1, -0.05) is 25.9 Å². The summed E-state index contributed by atoms with van der Waals surface area (Å²) in [4.78, 5) is 11.9. The summed E-state index contributed by atoms with van der Waals surface area (Å²) in [6.45, 7) is 8.61. The van der Waals surface area contributed by atoms with E-state index >= 15 is 0 Å². The summed E-state index contributed by atoms with van der Waals surface area (Å²) in [5, 5.41) is 10.2. The molecule has 1 heterocycles. The molecule has 20 heavy (non-hydrogen) atoms. The van der Waals surface area contributed by atoms with Crippen molar-refractivity contribution < 1.29 is 9.32 Å². The first kappa shape index (κ1) is 18.9. The van der Waals surface area contributed by atoms with Gasteiger partial charge >= 0.3 is 0 Å². The molecule has 1 aromatic heterocycles. The van der Waals surface area contributed by atoms with Crippen LogP contribution in [0, 0.1) is 0 Å². The molecule has 1 amide bonds. The van der Waals surface area contributed by atoms with E-state index in [2.05, 4.69) is 22.7 Å². The third kappa shape index (κ3) is 5.92. The van der Waals surface area contributed by atoms with Crippen LogP contribution in [0.1, 0.15) is 44.2 Å². The maximum Gasteiger partial charge on any atom is 0.224 e. The van der Waals surface area contributed by atoms with Gasteiger partial charge in [0, 0.05) is 25.1 Å². The second-order valence-electron chi connectivity index (χ2n) is 4.51. The Morgan fingerprint density at radius 3 is 2.50 bits per heavy atom. The van der Waals surface area contributed by atoms with Crippen molar-refractivity contribution in [2.75, 3.05) is 19.6 Å². The average molecular weight is 304 g/mol. The van der Waals surface area contributed by atoms with Crippen LogP contribution in [0.25, 0.3) is 0 Å². The van der Waals surface area contributed by atoms with Crippen LogP contribution in [0.5, 0.6) is 0 Å². The number of carbonyl (C=O) groups excluding carboxylic acids is 1. The zero-order valence-corrected chi connectivity index (χ0v) is 13.4. The molecule has 1 rings (SSSR count). The Kier molecular flexibility index (Phi) is 10.1. The van der Waals surface area contributed by atoms with Crippen LogP contribution in [-0.2, 0) is 24.1 Å². The van der Waals surface area contributed by atoms with Crippen LogP contribution in [0.3, 0.4) is 0 Å². The number of nitrogens with one attached hydrogen (secondary N) is 2. The molecule has 0 fully saturated rings. The molecule has 0 bridgehead atoms. The molecular formula is C14H26ClN3O2. The van der Waals surface area contributed by atoms with Crippen LogP contribution in [-0.4, -0.2) is 30.7 Å². The fourth-order valence-corrected chi connectivity index (χ4v) is 1.95. The number of halogens is 1. The second-order valence-corrected chi connectivity index (χ2v) is 4.51. The Bertz CT molecular complexity index is 372. The van der Waals surface area contributed by atoms with Crippen molar-refractivity contribution in [1.82, 2.24) is 15.8 Å². The first-order valence-electron chi connectivity index (χ1n) is 7.16. The molecular weight excluding hydrogens is 278 g/mol. The monoisotopic (exact) mass is 303 g/mol. The largest absolute Gasteiger partial charge is 0.361 e. The van der Waals surface area contributed by atoms with Crippen molar-refractivity contribution >= 4 is 18.3 Å². The summed E-state index contributed by atoms with van der Waals surface area (Å²) < 4.78 is 5.25. The third-order valence-electron chi connectivity index (χ3n) is 3.00. The van der Waals surface area contributed by atoms with E-state index in [9.17, 15) is 4.79 Å². The summed E-state index contributed by atoms with van der Waals surface area (Å²) >= 11 is 0. The zero-order chi connectivity index (χ0) is 14.1. The van der Waals surface area contributed by atoms with Crippen molar-refractivity contribution in [1.29, 1.82) is 0 Å². The zero-order valence-electron chi connectivity index (χ0n) is 12.6. The first-order valence-corrected chi connectivity index (χ1v) is 7.16. The van der Waals surface area contributed by atoms with Gasteiger partial charge in [-0.15, -0.1) is 12.4 Å². The predicted octanol–water partition coefficient (Wildman–Crippen LogP) is 1.88. The van der Waals surface area contributed by atoms with Crippen LogP contribution in [0.15, 0.2) is 4.52 Å². The molecule has 2 N–H and O–H groups in total. The number of hydrogen-bond donors (Lipinski definition) is 2. The fraction of sp³-hybridized carbons (Fsp3) is 0.714. The van der Waals surface area contributed by atoms with Crippen molar-refractivity contribution in [3.8, 4) is 0 Å². The van der Waals surface area contributed by atoms with E-state index in [1.807, 2.05) is 13.8 Å². The van der Waals surface area contributed by atoms with Crippen LogP contribution < -0.4 is 10.6 Å². The van der Waals surface area contributed by atoms with E-state index in [0.29, 0.717) is 13.0 Å². The maximum absolute atomic E-state index is 11.9. The lowest BCUT2D eigenvalue weighted by molar-refractivity contribution is -0.120. The van der Waals surface area contributed by atoms with Crippen molar-refractivity contribution in [2.45, 2.75) is 46.5 Å². The van der Waals surface area contributed by atoms with E-state index in [4.69, 9.17) is 4.52 Å². The van der Waals surface area contributed by atoms with Gasteiger partial charge in [-0.2, -0.15) is 0 Å². The molecule has 0 aromatic carbocycles. The molecule has 5 nitrogen and oxygen atoms in total. The van der Waals surface area contributed by atoms with Gasteiger partial charge in [-0.3, -0.25) is 4.79 Å². The molecule has 1 aromatic rings. The minimum Gasteiger partial charge on any atom is -0.361 e. The van der Waals surface area contributed by atoms with Gasteiger partial charge in [-0.05, 0) is 19.4 Å². The van der Waals surface area contributed by atoms with Crippen LogP contribution in [0.4, 0.5) is 0 Å². The van der Waals surface area contributed by atoms with Gasteiger partial charge in [0.1, 0.15) is 5.76 Å². The van der Waals surface area contributed by atoms with Crippen molar-refractivity contribution in [3.63, 3.8) is 0 Å². The van der Waals surface area contributed by atoms with Gasteiger partial charge in [0.25, 0.3) is 0 Å². The Labute approximate surface area is 127 Å². The molecule has 6 heteroatoms. The van der Waals surface area contributed by atoms with E-state index in [-0.39, 0.29) is 18.3 Å². The Hall–Kier alpha value is -1.07. The standard InChI is InChI=1S/C14H25N3O2.ClH/c1-4-7-15-8-9-16-14(18)10-11-12(5-2)17-19-13(11)6-3;/h15H,4-10H2,1-3H3,(H,16,18);1H. The summed E-state index contributed by atoms with van der Waals surface area (Å²) in [6.07, 6.45) is 3.04. The fourth-order valence-electron chi connectivity index (χ4n) is 1.95. The summed E-state index contributed by atoms with van der Waals surface area (Å²) in [5.41, 5.74) is 1.86. The lowest BCUT2D eigenvalue weighted by atomic mass is 10.1. The highest BCUT2D eigenvalue weighted by Gasteiger charge is 2.16. The summed E-state index contributed by atoms with van der Waals surface area (Å²) in [6, 6.07) is 0. The Morgan fingerprint density at radius 2 is 1.90 bits per heavy atom. The quantitative estimate of drug-likeness (QED) is 0.684. The minimum atomic E-state index is 0. The number of amides is 1. The van der Waals surface area contributed by atoms with Crippen LogP contribution in [0.2, 0.25) is 0 Å². The number of aryl methyl sites for hydroxylation is 2. The average Bonchev–Trinajstić information content (AvgIpc) is 2.80. The Balaban J connectivity index is 0.00000361. The predicted molar refractivity (Wildman–Crippen MR) is 82.4 cm³/mol. The minimum absolute atomic E-state index is 0. The number of nitrogens with zero attached hydrogens (tertiary/aromatic N) is 1. The number of rotatable bonds is 9. The molecule has 0 saturated carbocycles. The molecule has 116 valence electrons. The van der Waals surface area contributed by atoms with E-state index in [0.717, 1.165) is 49.4 Å². The van der Waals surface area contributed by atoms with Gasteiger partial charge in [0.15, 0.2) is 0 Å². The van der Waals surface area contributed by atoms with E-state index in [1.54, 1.807) is 0 Å². The highest BCUT2D eigenvalue weighted by atomic mass is 35.5. The van der Waals surface area contributed by atoms with Gasteiger partial charge in [0.2, 0.25) is 5.91 Å². The molecule has 0 aliphatic heterocycles. The Morgan fingerprint density at radius 1 is 1.15 bits per heavy atom. The summed E-state index contributed by atoms with van der Waals surface area (Å²) in [5.74, 6) is 0.863. The highest BCUT2D eigenvalue weighted by Crippen LogP contribution is 2.16. The lowest BCUT2D eigenvalue weighted by Crippen LogP contribution is -2.33. The first-order chi connectivity index (χ1) is 9.22. The molecule has 0 spiro atoms. The van der Waals surface area contributed by atoms with Crippen LogP contribution >= 0.6 is 12.4 Å². The molecule has 0 aliphatic rings. The molecule has 0 radical (unpaired) electrons. The van der Waals surface area contributed by atoms with Crippen molar-refractivity contribution in [3.05, 3.63) is 17.0 Å². The smallest absolute Gasteiger partial charge is 0.224 e. The second kappa shape index (κ2) is 10.7. The SMILES string of the molecule is CCCNCCNC(=O)Cc1c(CC)noc1CC.Cl. The lowest BCUT2D eigenvalue weighted by Gasteiger charge is -2.06. The van der Waals surface area contributed by atoms with Gasteiger partial charge < -0.3 is 15.2 Å². The normalized spacial score (nSPS) is 10.2. The highest BCUT2D eigenvalue weighted by molar-refractivity contribution is 5.85. The van der Waals surface area contributed by atoms with Gasteiger partial charge in [-0.25, -0.2) is 0 Å². The van der Waals surface area contributed by atoms with Gasteiger partial charge in [0.05, 0.1) is 12.1 Å². The number of carbonyl (C=O) groups is 1.